The van der Waals surface area contributed by atoms with Gasteiger partial charge in [0.2, 0.25) is 0 Å². The minimum absolute atomic E-state index is 0.372. The van der Waals surface area contributed by atoms with Crippen LogP contribution < -0.4 is 5.73 Å². The molecule has 0 aliphatic rings. The summed E-state index contributed by atoms with van der Waals surface area (Å²) in [6, 6.07) is 0.372. The lowest BCUT2D eigenvalue weighted by Crippen LogP contribution is -2.21. The van der Waals surface area contributed by atoms with Gasteiger partial charge in [-0.25, -0.2) is 0 Å². The smallest absolute Gasteiger partial charge is 0.107 e. The summed E-state index contributed by atoms with van der Waals surface area (Å²) >= 11 is 0. The van der Waals surface area contributed by atoms with Crippen molar-refractivity contribution < 1.29 is 0 Å². The topological polar surface area (TPSA) is 26.0 Å². The molecule has 0 saturated carbocycles. The van der Waals surface area contributed by atoms with Gasteiger partial charge in [0, 0.05) is 0 Å². The molecule has 2 heteroatoms. The molecule has 2 N–H and O–H groups in total. The fraction of sp³-hybridized carbons (Fsp3) is 1.00. The van der Waals surface area contributed by atoms with Crippen LogP contribution in [0.15, 0.2) is 0 Å². The van der Waals surface area contributed by atoms with Crippen LogP contribution >= 0.6 is 0 Å². The van der Waals surface area contributed by atoms with Gasteiger partial charge in [0.15, 0.2) is 0 Å². The van der Waals surface area contributed by atoms with Crippen LogP contribution in [0.4, 0.5) is 0 Å². The maximum Gasteiger partial charge on any atom is 0.107 e. The molecule has 0 rings (SSSR count). The van der Waals surface area contributed by atoms with Gasteiger partial charge in [-0.15, -0.1) is 0 Å². The van der Waals surface area contributed by atoms with Crippen molar-refractivity contribution >= 4 is 7.85 Å². The molecule has 0 fully saturated rings. The quantitative estimate of drug-likeness (QED) is 0.559. The summed E-state index contributed by atoms with van der Waals surface area (Å²) in [6.07, 6.45) is 3.90. The molecule has 0 spiro atoms. The third-order valence-corrected chi connectivity index (χ3v) is 1.91. The Kier molecular flexibility index (Phi) is 4.88. The van der Waals surface area contributed by atoms with Gasteiger partial charge in [-0.3, -0.25) is 0 Å². The molecule has 0 aliphatic carbocycles. The zero-order valence-electron chi connectivity index (χ0n) is 6.85. The van der Waals surface area contributed by atoms with E-state index in [4.69, 9.17) is 5.73 Å². The molecular formula is C7H18BN. The van der Waals surface area contributed by atoms with E-state index in [2.05, 4.69) is 21.7 Å². The lowest BCUT2D eigenvalue weighted by atomic mass is 9.78. The fourth-order valence-electron chi connectivity index (χ4n) is 0.789. The Balaban J connectivity index is 3.16. The summed E-state index contributed by atoms with van der Waals surface area (Å²) in [5.74, 6) is 0.699. The molecule has 0 aliphatic heterocycles. The Morgan fingerprint density at radius 1 is 1.56 bits per heavy atom. The van der Waals surface area contributed by atoms with Crippen molar-refractivity contribution in [2.45, 2.75) is 45.0 Å². The second-order valence-corrected chi connectivity index (χ2v) is 2.98. The molecule has 0 heterocycles. The highest BCUT2D eigenvalue weighted by Gasteiger charge is 2.04. The maximum atomic E-state index is 5.68. The average molecular weight is 127 g/mol. The van der Waals surface area contributed by atoms with Crippen LogP contribution in [0.2, 0.25) is 5.82 Å². The number of hydrogen-bond acceptors (Lipinski definition) is 1. The van der Waals surface area contributed by atoms with E-state index in [0.29, 0.717) is 11.9 Å². The molecule has 0 bridgehead atoms. The van der Waals surface area contributed by atoms with E-state index < -0.39 is 0 Å². The summed E-state index contributed by atoms with van der Waals surface area (Å²) in [4.78, 5) is 0. The minimum Gasteiger partial charge on any atom is -0.328 e. The van der Waals surface area contributed by atoms with Crippen LogP contribution in [0.5, 0.6) is 0 Å². The number of rotatable bonds is 4. The van der Waals surface area contributed by atoms with Crippen molar-refractivity contribution in [2.24, 2.45) is 5.73 Å². The van der Waals surface area contributed by atoms with Gasteiger partial charge in [-0.1, -0.05) is 38.9 Å². The van der Waals surface area contributed by atoms with Crippen molar-refractivity contribution in [1.29, 1.82) is 0 Å². The van der Waals surface area contributed by atoms with Crippen molar-refractivity contribution in [1.82, 2.24) is 0 Å². The van der Waals surface area contributed by atoms with Gasteiger partial charge < -0.3 is 5.73 Å². The summed E-state index contributed by atoms with van der Waals surface area (Å²) in [5, 5.41) is 0. The predicted octanol–water partition coefficient (Wildman–Crippen LogP) is 0.945. The van der Waals surface area contributed by atoms with Gasteiger partial charge in [0.05, 0.1) is 0 Å². The first-order chi connectivity index (χ1) is 4.18. The minimum atomic E-state index is 0.372. The van der Waals surface area contributed by atoms with Crippen LogP contribution in [-0.4, -0.2) is 13.9 Å². The molecule has 1 nitrogen and oxygen atoms in total. The molecule has 0 amide bonds. The van der Waals surface area contributed by atoms with Crippen LogP contribution in [0.3, 0.4) is 0 Å². The summed E-state index contributed by atoms with van der Waals surface area (Å²) < 4.78 is 0. The average Bonchev–Trinajstić information content (AvgIpc) is 1.82. The monoisotopic (exact) mass is 127 g/mol. The largest absolute Gasteiger partial charge is 0.328 e. The highest BCUT2D eigenvalue weighted by Crippen LogP contribution is 2.12. The molecule has 0 radical (unpaired) electrons. The second-order valence-electron chi connectivity index (χ2n) is 2.98. The van der Waals surface area contributed by atoms with E-state index in [1.165, 1.54) is 19.3 Å². The normalized spacial score (nSPS) is 17.2. The zero-order chi connectivity index (χ0) is 7.28. The molecule has 9 heavy (non-hydrogen) atoms. The lowest BCUT2D eigenvalue weighted by Gasteiger charge is -2.13. The molecule has 54 valence electrons. The van der Waals surface area contributed by atoms with Crippen molar-refractivity contribution in [3.05, 3.63) is 0 Å². The lowest BCUT2D eigenvalue weighted by molar-refractivity contribution is 0.591. The molecular weight excluding hydrogens is 109 g/mol. The summed E-state index contributed by atoms with van der Waals surface area (Å²) in [6.45, 7) is 4.30. The van der Waals surface area contributed by atoms with Gasteiger partial charge in [0.25, 0.3) is 0 Å². The Labute approximate surface area is 59.4 Å². The fourth-order valence-corrected chi connectivity index (χ4v) is 0.789. The molecule has 0 saturated heterocycles. The molecule has 0 aromatic carbocycles. The SMILES string of the molecule is B[C@@H](CCCC)[C@@H](C)N. The van der Waals surface area contributed by atoms with Gasteiger partial charge in [-0.05, 0) is 6.04 Å². The molecule has 0 aromatic heterocycles. The van der Waals surface area contributed by atoms with E-state index in [0.717, 1.165) is 0 Å². The van der Waals surface area contributed by atoms with Crippen LogP contribution in [0.1, 0.15) is 33.1 Å². The Morgan fingerprint density at radius 2 is 2.11 bits per heavy atom. The van der Waals surface area contributed by atoms with E-state index in [-0.39, 0.29) is 0 Å². The van der Waals surface area contributed by atoms with E-state index >= 15 is 0 Å². The van der Waals surface area contributed by atoms with E-state index in [1.54, 1.807) is 0 Å². The zero-order valence-corrected chi connectivity index (χ0v) is 6.85. The second kappa shape index (κ2) is 4.86. The van der Waals surface area contributed by atoms with Gasteiger partial charge in [-0.2, -0.15) is 0 Å². The highest BCUT2D eigenvalue weighted by atomic mass is 14.6. The third kappa shape index (κ3) is 4.52. The van der Waals surface area contributed by atoms with Crippen molar-refractivity contribution in [3.63, 3.8) is 0 Å². The first-order valence-electron chi connectivity index (χ1n) is 3.94. The standard InChI is InChI=1S/C7H18BN/c1-3-4-5-7(8)6(2)9/h6-7H,3-5,8-9H2,1-2H3/t6-,7+/m1/s1. The maximum absolute atomic E-state index is 5.68. The van der Waals surface area contributed by atoms with Crippen LogP contribution in [-0.2, 0) is 0 Å². The summed E-state index contributed by atoms with van der Waals surface area (Å²) in [7, 11) is 2.22. The first kappa shape index (κ1) is 9.02. The van der Waals surface area contributed by atoms with Gasteiger partial charge in [0.1, 0.15) is 7.85 Å². The van der Waals surface area contributed by atoms with Crippen LogP contribution in [0.25, 0.3) is 0 Å². The van der Waals surface area contributed by atoms with Crippen molar-refractivity contribution in [2.75, 3.05) is 0 Å². The first-order valence-corrected chi connectivity index (χ1v) is 3.94. The van der Waals surface area contributed by atoms with E-state index in [9.17, 15) is 0 Å². The van der Waals surface area contributed by atoms with Crippen molar-refractivity contribution in [3.8, 4) is 0 Å². The number of hydrogen-bond donors (Lipinski definition) is 1. The highest BCUT2D eigenvalue weighted by molar-refractivity contribution is 6.12. The number of unbranched alkanes of at least 4 members (excludes halogenated alkanes) is 1. The van der Waals surface area contributed by atoms with Crippen LogP contribution in [0, 0.1) is 0 Å². The Morgan fingerprint density at radius 3 is 2.44 bits per heavy atom. The van der Waals surface area contributed by atoms with E-state index in [1.807, 2.05) is 0 Å². The van der Waals surface area contributed by atoms with Gasteiger partial charge >= 0.3 is 0 Å². The third-order valence-electron chi connectivity index (χ3n) is 1.91. The molecule has 0 unspecified atom stereocenters. The molecule has 0 aromatic rings. The Hall–Kier alpha value is 0.0249. The predicted molar refractivity (Wildman–Crippen MR) is 45.5 cm³/mol. The number of nitrogens with two attached hydrogens (primary N) is 1. The summed E-state index contributed by atoms with van der Waals surface area (Å²) in [5.41, 5.74) is 5.68. The Bertz CT molecular complexity index is 63.9. The molecule has 2 atom stereocenters.